The number of hydrogen-bond donors (Lipinski definition) is 0. The van der Waals surface area contributed by atoms with E-state index in [1.807, 2.05) is 6.07 Å². The van der Waals surface area contributed by atoms with Crippen LogP contribution in [0.1, 0.15) is 44.1 Å². The van der Waals surface area contributed by atoms with Gasteiger partial charge in [0, 0.05) is 38.1 Å². The Morgan fingerprint density at radius 3 is 2.28 bits per heavy atom. The number of ether oxygens (including phenoxy) is 1. The van der Waals surface area contributed by atoms with Gasteiger partial charge in [-0.3, -0.25) is 14.5 Å². The van der Waals surface area contributed by atoms with E-state index in [2.05, 4.69) is 38.8 Å². The molecule has 2 aliphatic rings. The van der Waals surface area contributed by atoms with Gasteiger partial charge in [-0.15, -0.1) is 0 Å². The number of methoxy groups -OCH3 is 1. The maximum Gasteiger partial charge on any atom is 0.306 e. The van der Waals surface area contributed by atoms with Crippen LogP contribution < -0.4 is 0 Å². The molecular formula is C20H28N2O3. The zero-order valence-electron chi connectivity index (χ0n) is 15.0. The van der Waals surface area contributed by atoms with Crippen molar-refractivity contribution in [2.45, 2.75) is 57.2 Å². The van der Waals surface area contributed by atoms with Gasteiger partial charge in [0.15, 0.2) is 0 Å². The Hall–Kier alpha value is -1.88. The van der Waals surface area contributed by atoms with E-state index < -0.39 is 0 Å². The SMILES string of the molecule is COC(=O)CCC(=O)N(C1CC1)C1CCN(Cc2ccccc2)CC1. The first-order valence-electron chi connectivity index (χ1n) is 9.31. The standard InChI is InChI=1S/C20H28N2O3/c1-25-20(24)10-9-19(23)22(17-7-8-17)18-11-13-21(14-12-18)15-16-5-3-2-4-6-16/h2-6,17-18H,7-15H2,1H3. The van der Waals surface area contributed by atoms with Crippen molar-refractivity contribution in [1.29, 1.82) is 0 Å². The molecule has 1 heterocycles. The van der Waals surface area contributed by atoms with E-state index >= 15 is 0 Å². The Balaban J connectivity index is 1.50. The number of carbonyl (C=O) groups excluding carboxylic acids is 2. The predicted octanol–water partition coefficient (Wildman–Crippen LogP) is 2.60. The lowest BCUT2D eigenvalue weighted by molar-refractivity contribution is -0.144. The molecule has 0 spiro atoms. The van der Waals surface area contributed by atoms with E-state index in [4.69, 9.17) is 0 Å². The monoisotopic (exact) mass is 344 g/mol. The van der Waals surface area contributed by atoms with Crippen molar-refractivity contribution < 1.29 is 14.3 Å². The lowest BCUT2D eigenvalue weighted by Crippen LogP contribution is -2.48. The van der Waals surface area contributed by atoms with Crippen molar-refractivity contribution in [2.75, 3.05) is 20.2 Å². The molecule has 5 heteroatoms. The first-order valence-corrected chi connectivity index (χ1v) is 9.31. The highest BCUT2D eigenvalue weighted by atomic mass is 16.5. The van der Waals surface area contributed by atoms with Crippen LogP contribution in [0.3, 0.4) is 0 Å². The van der Waals surface area contributed by atoms with Gasteiger partial charge >= 0.3 is 5.97 Å². The largest absolute Gasteiger partial charge is 0.469 e. The molecule has 0 bridgehead atoms. The molecule has 1 aliphatic carbocycles. The Kier molecular flexibility index (Phi) is 6.08. The summed E-state index contributed by atoms with van der Waals surface area (Å²) in [5.74, 6) is -0.184. The van der Waals surface area contributed by atoms with Crippen molar-refractivity contribution >= 4 is 11.9 Å². The highest BCUT2D eigenvalue weighted by Crippen LogP contribution is 2.32. The summed E-state index contributed by atoms with van der Waals surface area (Å²) in [5, 5.41) is 0. The van der Waals surface area contributed by atoms with Crippen LogP contribution in [0.5, 0.6) is 0 Å². The van der Waals surface area contributed by atoms with Gasteiger partial charge in [0.2, 0.25) is 5.91 Å². The zero-order valence-corrected chi connectivity index (χ0v) is 15.0. The summed E-state index contributed by atoms with van der Waals surface area (Å²) >= 11 is 0. The molecule has 1 saturated heterocycles. The van der Waals surface area contributed by atoms with E-state index in [-0.39, 0.29) is 24.7 Å². The summed E-state index contributed by atoms with van der Waals surface area (Å²) in [5.41, 5.74) is 1.34. The first-order chi connectivity index (χ1) is 12.2. The molecule has 1 aromatic rings. The predicted molar refractivity (Wildman–Crippen MR) is 95.9 cm³/mol. The molecule has 1 aromatic carbocycles. The third-order valence-electron chi connectivity index (χ3n) is 5.20. The van der Waals surface area contributed by atoms with Crippen LogP contribution >= 0.6 is 0 Å². The molecule has 0 N–H and O–H groups in total. The third-order valence-corrected chi connectivity index (χ3v) is 5.20. The van der Waals surface area contributed by atoms with Crippen LogP contribution in [0.4, 0.5) is 0 Å². The van der Waals surface area contributed by atoms with E-state index in [9.17, 15) is 9.59 Å². The average molecular weight is 344 g/mol. The molecule has 5 nitrogen and oxygen atoms in total. The van der Waals surface area contributed by atoms with Gasteiger partial charge in [-0.2, -0.15) is 0 Å². The van der Waals surface area contributed by atoms with Crippen molar-refractivity contribution in [2.24, 2.45) is 0 Å². The lowest BCUT2D eigenvalue weighted by Gasteiger charge is -2.39. The quantitative estimate of drug-likeness (QED) is 0.714. The number of amides is 1. The highest BCUT2D eigenvalue weighted by Gasteiger charge is 2.38. The van der Waals surface area contributed by atoms with Crippen molar-refractivity contribution in [3.8, 4) is 0 Å². The second-order valence-corrected chi connectivity index (χ2v) is 7.10. The van der Waals surface area contributed by atoms with Gasteiger partial charge in [-0.1, -0.05) is 30.3 Å². The minimum absolute atomic E-state index is 0.120. The smallest absolute Gasteiger partial charge is 0.306 e. The molecule has 3 rings (SSSR count). The van der Waals surface area contributed by atoms with Crippen LogP contribution in [0.15, 0.2) is 30.3 Å². The lowest BCUT2D eigenvalue weighted by atomic mass is 10.0. The van der Waals surface area contributed by atoms with E-state index in [0.29, 0.717) is 12.1 Å². The second kappa shape index (κ2) is 8.48. The van der Waals surface area contributed by atoms with Crippen LogP contribution in [0.2, 0.25) is 0 Å². The fraction of sp³-hybridized carbons (Fsp3) is 0.600. The number of esters is 1. The Morgan fingerprint density at radius 2 is 1.68 bits per heavy atom. The molecular weight excluding hydrogens is 316 g/mol. The second-order valence-electron chi connectivity index (χ2n) is 7.10. The molecule has 0 atom stereocenters. The topological polar surface area (TPSA) is 49.9 Å². The molecule has 1 amide bonds. The minimum Gasteiger partial charge on any atom is -0.469 e. The zero-order chi connectivity index (χ0) is 17.6. The minimum atomic E-state index is -0.304. The molecule has 136 valence electrons. The number of rotatable bonds is 7. The maximum absolute atomic E-state index is 12.6. The fourth-order valence-electron chi connectivity index (χ4n) is 3.70. The average Bonchev–Trinajstić information content (AvgIpc) is 3.47. The van der Waals surface area contributed by atoms with Crippen LogP contribution in [-0.2, 0) is 20.9 Å². The van der Waals surface area contributed by atoms with Gasteiger partial charge < -0.3 is 9.64 Å². The van der Waals surface area contributed by atoms with E-state index in [1.54, 1.807) is 0 Å². The number of piperidine rings is 1. The molecule has 2 fully saturated rings. The molecule has 0 aromatic heterocycles. The summed E-state index contributed by atoms with van der Waals surface area (Å²) in [6.07, 6.45) is 4.71. The van der Waals surface area contributed by atoms with Crippen molar-refractivity contribution in [1.82, 2.24) is 9.80 Å². The Labute approximate surface area is 149 Å². The van der Waals surface area contributed by atoms with Gasteiger partial charge in [-0.05, 0) is 31.2 Å². The molecule has 1 aliphatic heterocycles. The maximum atomic E-state index is 12.6. The fourth-order valence-corrected chi connectivity index (χ4v) is 3.70. The number of nitrogens with zero attached hydrogens (tertiary/aromatic N) is 2. The highest BCUT2D eigenvalue weighted by molar-refractivity contribution is 5.82. The molecule has 0 unspecified atom stereocenters. The van der Waals surface area contributed by atoms with Gasteiger partial charge in [0.25, 0.3) is 0 Å². The summed E-state index contributed by atoms with van der Waals surface area (Å²) < 4.78 is 4.66. The molecule has 1 saturated carbocycles. The van der Waals surface area contributed by atoms with Gasteiger partial charge in [-0.25, -0.2) is 0 Å². The normalized spacial score (nSPS) is 18.8. The van der Waals surface area contributed by atoms with E-state index in [1.165, 1.54) is 12.7 Å². The summed E-state index contributed by atoms with van der Waals surface area (Å²) in [6.45, 7) is 3.02. The summed E-state index contributed by atoms with van der Waals surface area (Å²) in [7, 11) is 1.37. The van der Waals surface area contributed by atoms with Crippen molar-refractivity contribution in [3.63, 3.8) is 0 Å². The Bertz CT molecular complexity index is 578. The number of carbonyl (C=O) groups is 2. The number of hydrogen-bond acceptors (Lipinski definition) is 4. The summed E-state index contributed by atoms with van der Waals surface area (Å²) in [4.78, 5) is 28.5. The van der Waals surface area contributed by atoms with Crippen molar-refractivity contribution in [3.05, 3.63) is 35.9 Å². The van der Waals surface area contributed by atoms with E-state index in [0.717, 1.165) is 45.3 Å². The van der Waals surface area contributed by atoms with Gasteiger partial charge in [0.1, 0.15) is 0 Å². The molecule has 25 heavy (non-hydrogen) atoms. The number of benzene rings is 1. The third kappa shape index (κ3) is 5.05. The number of likely N-dealkylation sites (tertiary alicyclic amines) is 1. The van der Waals surface area contributed by atoms with Gasteiger partial charge in [0.05, 0.1) is 13.5 Å². The van der Waals surface area contributed by atoms with Crippen LogP contribution in [-0.4, -0.2) is 54.0 Å². The molecule has 0 radical (unpaired) electrons. The summed E-state index contributed by atoms with van der Waals surface area (Å²) in [6, 6.07) is 11.3. The van der Waals surface area contributed by atoms with Crippen LogP contribution in [0.25, 0.3) is 0 Å². The first kappa shape index (κ1) is 17.9. The Morgan fingerprint density at radius 1 is 1.04 bits per heavy atom. The van der Waals surface area contributed by atoms with Crippen LogP contribution in [0, 0.1) is 0 Å².